The van der Waals surface area contributed by atoms with Gasteiger partial charge in [0.25, 0.3) is 0 Å². The second-order valence-electron chi connectivity index (χ2n) is 6.55. The molecule has 2 aromatic rings. The molecule has 2 bridgehead atoms. The second kappa shape index (κ2) is 5.62. The van der Waals surface area contributed by atoms with Gasteiger partial charge in [0.1, 0.15) is 0 Å². The number of nitrogens with zero attached hydrogens (tertiary/aromatic N) is 1. The Bertz CT molecular complexity index is 634. The molecule has 1 aliphatic carbocycles. The molecular weight excluding hydrogens is 324 g/mol. The summed E-state index contributed by atoms with van der Waals surface area (Å²) in [7, 11) is 0. The monoisotopic (exact) mass is 344 g/mol. The standard InChI is InChI=1S/C18H21BrN2/c19-16-9-17(20-10-16)12-21-11-13-5-6-18(21)8-15-4-2-1-3-14(15)7-13/h1-4,9-10,13,18,20H,5-8,11-12H2/t13-,18-/m1/s1. The average Bonchev–Trinajstić information content (AvgIpc) is 2.85. The third kappa shape index (κ3) is 2.82. The van der Waals surface area contributed by atoms with Gasteiger partial charge in [-0.05, 0) is 64.7 Å². The summed E-state index contributed by atoms with van der Waals surface area (Å²) >= 11 is 3.54. The van der Waals surface area contributed by atoms with E-state index in [4.69, 9.17) is 0 Å². The minimum Gasteiger partial charge on any atom is -0.363 e. The Labute approximate surface area is 134 Å². The van der Waals surface area contributed by atoms with Crippen molar-refractivity contribution in [1.82, 2.24) is 9.88 Å². The molecule has 2 aliphatic heterocycles. The zero-order chi connectivity index (χ0) is 14.2. The van der Waals surface area contributed by atoms with E-state index < -0.39 is 0 Å². The Balaban J connectivity index is 1.58. The molecule has 1 fully saturated rings. The molecule has 0 spiro atoms. The molecule has 3 heteroatoms. The van der Waals surface area contributed by atoms with Gasteiger partial charge in [0.15, 0.2) is 0 Å². The Morgan fingerprint density at radius 1 is 1.14 bits per heavy atom. The van der Waals surface area contributed by atoms with Crippen LogP contribution in [0.25, 0.3) is 0 Å². The molecule has 0 amide bonds. The highest BCUT2D eigenvalue weighted by molar-refractivity contribution is 9.10. The predicted octanol–water partition coefficient (Wildman–Crippen LogP) is 4.16. The molecule has 3 heterocycles. The molecule has 2 atom stereocenters. The maximum absolute atomic E-state index is 3.54. The second-order valence-corrected chi connectivity index (χ2v) is 7.46. The average molecular weight is 345 g/mol. The van der Waals surface area contributed by atoms with Gasteiger partial charge in [0, 0.05) is 35.5 Å². The fourth-order valence-electron chi connectivity index (χ4n) is 4.02. The summed E-state index contributed by atoms with van der Waals surface area (Å²) in [6.07, 6.45) is 7.25. The van der Waals surface area contributed by atoms with Crippen LogP contribution < -0.4 is 0 Å². The molecular formula is C18H21BrN2. The van der Waals surface area contributed by atoms with Crippen molar-refractivity contribution in [3.8, 4) is 0 Å². The number of piperidine rings is 1. The molecule has 21 heavy (non-hydrogen) atoms. The molecule has 5 rings (SSSR count). The highest BCUT2D eigenvalue weighted by Gasteiger charge is 2.31. The number of aromatic amines is 1. The van der Waals surface area contributed by atoms with E-state index in [1.165, 1.54) is 37.9 Å². The lowest BCUT2D eigenvalue weighted by Crippen LogP contribution is -2.46. The van der Waals surface area contributed by atoms with Crippen molar-refractivity contribution in [2.75, 3.05) is 6.54 Å². The lowest BCUT2D eigenvalue weighted by molar-refractivity contribution is 0.0927. The van der Waals surface area contributed by atoms with E-state index in [1.807, 2.05) is 6.20 Å². The zero-order valence-electron chi connectivity index (χ0n) is 12.2. The molecule has 0 radical (unpaired) electrons. The van der Waals surface area contributed by atoms with Crippen LogP contribution in [0, 0.1) is 5.92 Å². The van der Waals surface area contributed by atoms with Crippen LogP contribution in [0.15, 0.2) is 41.0 Å². The Morgan fingerprint density at radius 2 is 1.95 bits per heavy atom. The van der Waals surface area contributed by atoms with E-state index in [-0.39, 0.29) is 0 Å². The summed E-state index contributed by atoms with van der Waals surface area (Å²) in [4.78, 5) is 6.08. The Hall–Kier alpha value is -1.06. The van der Waals surface area contributed by atoms with E-state index in [0.29, 0.717) is 6.04 Å². The third-order valence-electron chi connectivity index (χ3n) is 5.08. The number of fused-ring (bicyclic) bond motifs is 2. The number of hydrogen-bond donors (Lipinski definition) is 1. The lowest BCUT2D eigenvalue weighted by atomic mass is 9.80. The van der Waals surface area contributed by atoms with E-state index in [1.54, 1.807) is 11.1 Å². The highest BCUT2D eigenvalue weighted by atomic mass is 79.9. The van der Waals surface area contributed by atoms with Crippen LogP contribution in [0.5, 0.6) is 0 Å². The number of halogens is 1. The topological polar surface area (TPSA) is 19.0 Å². The summed E-state index contributed by atoms with van der Waals surface area (Å²) in [5.41, 5.74) is 4.49. The summed E-state index contributed by atoms with van der Waals surface area (Å²) in [5, 5.41) is 0. The van der Waals surface area contributed by atoms with Crippen molar-refractivity contribution >= 4 is 15.9 Å². The number of benzene rings is 1. The van der Waals surface area contributed by atoms with Crippen LogP contribution in [0.4, 0.5) is 0 Å². The molecule has 3 aliphatic rings. The summed E-state index contributed by atoms with van der Waals surface area (Å²) in [5.74, 6) is 0.820. The molecule has 0 unspecified atom stereocenters. The van der Waals surface area contributed by atoms with Crippen molar-refractivity contribution < 1.29 is 0 Å². The summed E-state index contributed by atoms with van der Waals surface area (Å²) in [6.45, 7) is 2.30. The first kappa shape index (κ1) is 13.6. The van der Waals surface area contributed by atoms with Crippen LogP contribution in [0.2, 0.25) is 0 Å². The van der Waals surface area contributed by atoms with Crippen molar-refractivity contribution in [3.63, 3.8) is 0 Å². The fourth-order valence-corrected chi connectivity index (χ4v) is 4.41. The van der Waals surface area contributed by atoms with Gasteiger partial charge in [-0.25, -0.2) is 0 Å². The first-order valence-corrected chi connectivity index (χ1v) is 8.71. The molecule has 1 aromatic heterocycles. The normalized spacial score (nSPS) is 25.4. The van der Waals surface area contributed by atoms with Crippen molar-refractivity contribution in [3.05, 3.63) is 57.8 Å². The van der Waals surface area contributed by atoms with Crippen LogP contribution >= 0.6 is 15.9 Å². The van der Waals surface area contributed by atoms with Gasteiger partial charge in [0.2, 0.25) is 0 Å². The molecule has 0 saturated carbocycles. The lowest BCUT2D eigenvalue weighted by Gasteiger charge is -2.42. The van der Waals surface area contributed by atoms with Gasteiger partial charge in [-0.1, -0.05) is 24.3 Å². The van der Waals surface area contributed by atoms with Gasteiger partial charge >= 0.3 is 0 Å². The minimum absolute atomic E-state index is 0.699. The molecule has 1 saturated heterocycles. The van der Waals surface area contributed by atoms with Crippen LogP contribution in [0.1, 0.15) is 29.7 Å². The van der Waals surface area contributed by atoms with Crippen LogP contribution in [-0.4, -0.2) is 22.5 Å². The van der Waals surface area contributed by atoms with E-state index in [2.05, 4.69) is 56.1 Å². The van der Waals surface area contributed by atoms with Gasteiger partial charge in [0.05, 0.1) is 0 Å². The van der Waals surface area contributed by atoms with E-state index in [0.717, 1.165) is 16.9 Å². The highest BCUT2D eigenvalue weighted by Crippen LogP contribution is 2.33. The van der Waals surface area contributed by atoms with Crippen molar-refractivity contribution in [2.45, 2.75) is 38.3 Å². The number of H-pyrrole nitrogens is 1. The van der Waals surface area contributed by atoms with Crippen LogP contribution in [0.3, 0.4) is 0 Å². The fraction of sp³-hybridized carbons (Fsp3) is 0.444. The van der Waals surface area contributed by atoms with Gasteiger partial charge in [-0.2, -0.15) is 0 Å². The van der Waals surface area contributed by atoms with Gasteiger partial charge in [-0.3, -0.25) is 4.90 Å². The Morgan fingerprint density at radius 3 is 2.71 bits per heavy atom. The quantitative estimate of drug-likeness (QED) is 0.866. The first-order valence-electron chi connectivity index (χ1n) is 7.91. The minimum atomic E-state index is 0.699. The largest absolute Gasteiger partial charge is 0.363 e. The maximum atomic E-state index is 3.54. The van der Waals surface area contributed by atoms with Crippen molar-refractivity contribution in [2.24, 2.45) is 5.92 Å². The summed E-state index contributed by atoms with van der Waals surface area (Å²) < 4.78 is 1.15. The SMILES string of the molecule is Brc1c[nH]c(CN2C[C@@H]3CC[C@@H]2Cc2ccccc2C3)c1. The number of rotatable bonds is 2. The number of hydrogen-bond acceptors (Lipinski definition) is 1. The van der Waals surface area contributed by atoms with Crippen molar-refractivity contribution in [1.29, 1.82) is 0 Å². The summed E-state index contributed by atoms with van der Waals surface area (Å²) in [6, 6.07) is 12.0. The third-order valence-corrected chi connectivity index (χ3v) is 5.54. The van der Waals surface area contributed by atoms with Crippen LogP contribution in [-0.2, 0) is 19.4 Å². The van der Waals surface area contributed by atoms with Gasteiger partial charge < -0.3 is 4.98 Å². The predicted molar refractivity (Wildman–Crippen MR) is 89.3 cm³/mol. The molecule has 2 nitrogen and oxygen atoms in total. The maximum Gasteiger partial charge on any atom is 0.0388 e. The van der Waals surface area contributed by atoms with Gasteiger partial charge in [-0.15, -0.1) is 0 Å². The molecule has 110 valence electrons. The molecule has 1 N–H and O–H groups in total. The number of nitrogens with one attached hydrogen (secondary N) is 1. The van der Waals surface area contributed by atoms with E-state index in [9.17, 15) is 0 Å². The zero-order valence-corrected chi connectivity index (χ0v) is 13.8. The smallest absolute Gasteiger partial charge is 0.0388 e. The Kier molecular flexibility index (Phi) is 3.64. The number of aromatic nitrogens is 1. The molecule has 1 aromatic carbocycles. The first-order chi connectivity index (χ1) is 10.3. The van der Waals surface area contributed by atoms with E-state index >= 15 is 0 Å².